The van der Waals surface area contributed by atoms with Gasteiger partial charge in [-0.05, 0) is 54.6 Å². The molecule has 3 aliphatic heterocycles. The lowest BCUT2D eigenvalue weighted by Crippen LogP contribution is -2.43. The van der Waals surface area contributed by atoms with Gasteiger partial charge in [0.05, 0.1) is 19.0 Å². The van der Waals surface area contributed by atoms with E-state index in [1.54, 1.807) is 6.26 Å². The zero-order valence-corrected chi connectivity index (χ0v) is 16.4. The first-order valence-corrected chi connectivity index (χ1v) is 9.46. The van der Waals surface area contributed by atoms with Crippen molar-refractivity contribution in [3.8, 4) is 0 Å². The molecule has 7 heteroatoms. The largest absolute Gasteiger partial charge is 0.497 e. The van der Waals surface area contributed by atoms with E-state index < -0.39 is 18.8 Å². The molecular formula is C21H24BNO5. The Bertz CT molecular complexity index is 853. The number of carbonyl (C=O) groups is 1. The van der Waals surface area contributed by atoms with Crippen molar-refractivity contribution in [3.63, 3.8) is 0 Å². The highest BCUT2D eigenvalue weighted by Crippen LogP contribution is 2.41. The summed E-state index contributed by atoms with van der Waals surface area (Å²) in [5.74, 6) is 0. The van der Waals surface area contributed by atoms with Crippen molar-refractivity contribution < 1.29 is 23.6 Å². The molecule has 3 heterocycles. The molecule has 1 amide bonds. The molecule has 0 fully saturated rings. The van der Waals surface area contributed by atoms with Gasteiger partial charge in [0.25, 0.3) is 0 Å². The first kappa shape index (κ1) is 18.8. The van der Waals surface area contributed by atoms with Crippen molar-refractivity contribution in [1.29, 1.82) is 0 Å². The molecule has 1 aromatic carbocycles. The summed E-state index contributed by atoms with van der Waals surface area (Å²) < 4.78 is 23.0. The lowest BCUT2D eigenvalue weighted by atomic mass is 9.68. The lowest BCUT2D eigenvalue weighted by molar-refractivity contribution is 0.0506. The Hall–Kier alpha value is -2.51. The molecule has 0 saturated carbocycles. The summed E-state index contributed by atoms with van der Waals surface area (Å²) >= 11 is 0. The minimum atomic E-state index is -0.557. The summed E-state index contributed by atoms with van der Waals surface area (Å²) in [6.45, 7) is 6.77. The summed E-state index contributed by atoms with van der Waals surface area (Å²) in [4.78, 5) is 12.2. The van der Waals surface area contributed by atoms with E-state index in [9.17, 15) is 4.79 Å². The Morgan fingerprint density at radius 2 is 2.04 bits per heavy atom. The van der Waals surface area contributed by atoms with Gasteiger partial charge in [0.1, 0.15) is 12.2 Å². The number of benzene rings is 1. The van der Waals surface area contributed by atoms with Crippen molar-refractivity contribution in [1.82, 2.24) is 5.32 Å². The van der Waals surface area contributed by atoms with Crippen LogP contribution in [0, 0.1) is 0 Å². The molecule has 0 unspecified atom stereocenters. The molecule has 3 aliphatic rings. The summed E-state index contributed by atoms with van der Waals surface area (Å²) in [5.41, 5.74) is 4.67. The van der Waals surface area contributed by atoms with Gasteiger partial charge < -0.3 is 24.1 Å². The first-order valence-electron chi connectivity index (χ1n) is 9.46. The topological polar surface area (TPSA) is 66.0 Å². The average Bonchev–Trinajstić information content (AvgIpc) is 2.92. The van der Waals surface area contributed by atoms with Gasteiger partial charge in [0.15, 0.2) is 0 Å². The standard InChI is InChI=1S/C21H24BNO5/c1-21(2,3)27-20(24)23-11-17-18(14-7-5-4-6-8-14)16-9-10-25-12-15-13-26-22(28-17)19(15)16/h4-10,17H,11-13H2,1-3H3,(H,23,24)/t17-/m1/s1. The van der Waals surface area contributed by atoms with E-state index >= 15 is 0 Å². The second kappa shape index (κ2) is 7.49. The summed E-state index contributed by atoms with van der Waals surface area (Å²) in [6.07, 6.45) is 2.84. The fourth-order valence-electron chi connectivity index (χ4n) is 3.63. The first-order chi connectivity index (χ1) is 13.4. The Labute approximate surface area is 165 Å². The number of hydrogen-bond acceptors (Lipinski definition) is 5. The fourth-order valence-corrected chi connectivity index (χ4v) is 3.63. The van der Waals surface area contributed by atoms with Crippen LogP contribution in [0.15, 0.2) is 59.3 Å². The molecule has 1 atom stereocenters. The maximum Gasteiger partial charge on any atom is 0.495 e. The van der Waals surface area contributed by atoms with Gasteiger partial charge in [-0.2, -0.15) is 0 Å². The van der Waals surface area contributed by atoms with Crippen LogP contribution in [-0.2, 0) is 18.8 Å². The average molecular weight is 381 g/mol. The molecular weight excluding hydrogens is 357 g/mol. The zero-order chi connectivity index (χ0) is 19.7. The molecule has 0 aliphatic carbocycles. The molecule has 28 heavy (non-hydrogen) atoms. The summed E-state index contributed by atoms with van der Waals surface area (Å²) in [5, 5.41) is 2.83. The fraction of sp³-hybridized carbons (Fsp3) is 0.381. The minimum Gasteiger partial charge on any atom is -0.497 e. The highest BCUT2D eigenvalue weighted by molar-refractivity contribution is 6.57. The second-order valence-electron chi connectivity index (χ2n) is 7.97. The maximum atomic E-state index is 12.2. The van der Waals surface area contributed by atoms with Gasteiger partial charge in [0, 0.05) is 6.54 Å². The highest BCUT2D eigenvalue weighted by atomic mass is 16.6. The Morgan fingerprint density at radius 1 is 1.25 bits per heavy atom. The number of rotatable bonds is 3. The Balaban J connectivity index is 1.68. The third kappa shape index (κ3) is 3.86. The smallest absolute Gasteiger partial charge is 0.495 e. The van der Waals surface area contributed by atoms with Crippen molar-refractivity contribution in [2.75, 3.05) is 19.8 Å². The molecule has 0 spiro atoms. The van der Waals surface area contributed by atoms with E-state index in [4.69, 9.17) is 18.8 Å². The van der Waals surface area contributed by atoms with Crippen molar-refractivity contribution in [2.45, 2.75) is 32.5 Å². The highest BCUT2D eigenvalue weighted by Gasteiger charge is 2.44. The molecule has 0 radical (unpaired) electrons. The lowest BCUT2D eigenvalue weighted by Gasteiger charge is -2.32. The van der Waals surface area contributed by atoms with Crippen LogP contribution >= 0.6 is 0 Å². The molecule has 1 N–H and O–H groups in total. The predicted molar refractivity (Wildman–Crippen MR) is 106 cm³/mol. The van der Waals surface area contributed by atoms with Crippen LogP contribution in [0.5, 0.6) is 0 Å². The van der Waals surface area contributed by atoms with Crippen LogP contribution in [0.4, 0.5) is 4.79 Å². The van der Waals surface area contributed by atoms with Crippen LogP contribution in [0.3, 0.4) is 0 Å². The number of alkyl carbamates (subject to hydrolysis) is 1. The van der Waals surface area contributed by atoms with Gasteiger partial charge in [-0.25, -0.2) is 4.79 Å². The quantitative estimate of drug-likeness (QED) is 0.815. The van der Waals surface area contributed by atoms with E-state index in [0.29, 0.717) is 13.2 Å². The summed E-state index contributed by atoms with van der Waals surface area (Å²) in [7, 11) is -0.450. The molecule has 0 aromatic heterocycles. The van der Waals surface area contributed by atoms with E-state index in [1.165, 1.54) is 0 Å². The molecule has 0 saturated heterocycles. The Morgan fingerprint density at radius 3 is 2.79 bits per heavy atom. The van der Waals surface area contributed by atoms with Gasteiger partial charge in [0.2, 0.25) is 0 Å². The minimum absolute atomic E-state index is 0.278. The molecule has 1 aromatic rings. The number of nitrogens with one attached hydrogen (secondary N) is 1. The zero-order valence-electron chi connectivity index (χ0n) is 16.4. The van der Waals surface area contributed by atoms with Crippen molar-refractivity contribution in [2.24, 2.45) is 0 Å². The normalized spacial score (nSPS) is 21.2. The molecule has 6 nitrogen and oxygen atoms in total. The SMILES string of the molecule is CC(C)(C)OC(=O)NC[C@H]1OB2OCC3=C2C(=C1c1ccccc1)C=COC3. The van der Waals surface area contributed by atoms with Crippen LogP contribution in [-0.4, -0.2) is 44.7 Å². The van der Waals surface area contributed by atoms with E-state index in [0.717, 1.165) is 27.8 Å². The van der Waals surface area contributed by atoms with E-state index in [2.05, 4.69) is 5.32 Å². The van der Waals surface area contributed by atoms with Gasteiger partial charge in [-0.1, -0.05) is 30.3 Å². The second-order valence-corrected chi connectivity index (χ2v) is 7.97. The van der Waals surface area contributed by atoms with Crippen LogP contribution in [0.25, 0.3) is 5.57 Å². The number of amides is 1. The molecule has 0 bridgehead atoms. The van der Waals surface area contributed by atoms with Crippen LogP contribution < -0.4 is 5.32 Å². The molecule has 146 valence electrons. The third-order valence-electron chi connectivity index (χ3n) is 4.72. The van der Waals surface area contributed by atoms with Gasteiger partial charge in [-0.3, -0.25) is 0 Å². The Kier molecular flexibility index (Phi) is 5.04. The number of hydrogen-bond donors (Lipinski definition) is 1. The maximum absolute atomic E-state index is 12.2. The van der Waals surface area contributed by atoms with E-state index in [1.807, 2.05) is 57.2 Å². The number of ether oxygens (including phenoxy) is 2. The van der Waals surface area contributed by atoms with Gasteiger partial charge >= 0.3 is 13.2 Å². The predicted octanol–water partition coefficient (Wildman–Crippen LogP) is 3.26. The third-order valence-corrected chi connectivity index (χ3v) is 4.72. The number of allylic oxidation sites excluding steroid dienone is 3. The van der Waals surface area contributed by atoms with Gasteiger partial charge in [-0.15, -0.1) is 0 Å². The monoisotopic (exact) mass is 381 g/mol. The number of carbonyl (C=O) groups excluding carboxylic acids is 1. The van der Waals surface area contributed by atoms with Crippen LogP contribution in [0.1, 0.15) is 26.3 Å². The van der Waals surface area contributed by atoms with Crippen molar-refractivity contribution in [3.05, 3.63) is 64.9 Å². The summed E-state index contributed by atoms with van der Waals surface area (Å²) in [6, 6.07) is 10.0. The van der Waals surface area contributed by atoms with Crippen LogP contribution in [0.2, 0.25) is 0 Å². The molecule has 4 rings (SSSR count). The van der Waals surface area contributed by atoms with Crippen molar-refractivity contribution >= 4 is 18.8 Å². The van der Waals surface area contributed by atoms with E-state index in [-0.39, 0.29) is 12.6 Å².